The predicted molar refractivity (Wildman–Crippen MR) is 108 cm³/mol. The normalized spacial score (nSPS) is 12.3. The highest BCUT2D eigenvalue weighted by molar-refractivity contribution is 5.71. The summed E-state index contributed by atoms with van der Waals surface area (Å²) in [5.74, 6) is 2.02. The molecule has 6 nitrogen and oxygen atoms in total. The summed E-state index contributed by atoms with van der Waals surface area (Å²) in [5, 5.41) is 3.31. The number of unbranched alkanes of at least 4 members (excludes halogenated alkanes) is 4. The number of ether oxygens (including phenoxy) is 2. The number of hydrogen-bond donors (Lipinski definition) is 1. The minimum absolute atomic E-state index is 0.207. The van der Waals surface area contributed by atoms with Crippen molar-refractivity contribution < 1.29 is 9.47 Å². The van der Waals surface area contributed by atoms with E-state index in [1.54, 1.807) is 18.8 Å². The molecule has 0 radical (unpaired) electrons. The van der Waals surface area contributed by atoms with Gasteiger partial charge in [0.05, 0.1) is 19.9 Å². The molecule has 27 heavy (non-hydrogen) atoms. The number of anilines is 1. The summed E-state index contributed by atoms with van der Waals surface area (Å²) < 4.78 is 12.6. The number of benzene rings is 1. The average molecular weight is 371 g/mol. The summed E-state index contributed by atoms with van der Waals surface area (Å²) in [6, 6.07) is 5.92. The number of methoxy groups -OCH3 is 2. The van der Waals surface area contributed by atoms with E-state index in [0.29, 0.717) is 23.9 Å². The average Bonchev–Trinajstić information content (AvgIpc) is 2.69. The maximum absolute atomic E-state index is 12.5. The maximum atomic E-state index is 12.5. The summed E-state index contributed by atoms with van der Waals surface area (Å²) in [6.07, 6.45) is 6.83. The van der Waals surface area contributed by atoms with Crippen molar-refractivity contribution in [3.63, 3.8) is 0 Å². The minimum Gasteiger partial charge on any atom is -0.493 e. The lowest BCUT2D eigenvalue weighted by molar-refractivity contribution is 0.354. The number of hydrogen-bond acceptors (Lipinski definition) is 5. The highest BCUT2D eigenvalue weighted by atomic mass is 16.5. The van der Waals surface area contributed by atoms with Crippen LogP contribution in [0, 0.1) is 0 Å². The van der Waals surface area contributed by atoms with Crippen LogP contribution in [0.15, 0.2) is 23.0 Å². The third-order valence-corrected chi connectivity index (χ3v) is 5.09. The summed E-state index contributed by atoms with van der Waals surface area (Å²) >= 11 is 0. The number of fused-ring (bicyclic) bond motifs is 3. The lowest BCUT2D eigenvalue weighted by Crippen LogP contribution is -2.29. The number of nitrogens with zero attached hydrogens (tertiary/aromatic N) is 2. The Hall–Kier alpha value is -2.50. The summed E-state index contributed by atoms with van der Waals surface area (Å²) in [4.78, 5) is 16.7. The third-order valence-electron chi connectivity index (χ3n) is 5.09. The predicted octanol–water partition coefficient (Wildman–Crippen LogP) is 3.87. The molecule has 1 aromatic carbocycles. The quantitative estimate of drug-likeness (QED) is 0.678. The summed E-state index contributed by atoms with van der Waals surface area (Å²) in [5.41, 5.74) is 2.83. The summed E-state index contributed by atoms with van der Waals surface area (Å²) in [6.45, 7) is 3.67. The Kier molecular flexibility index (Phi) is 6.37. The van der Waals surface area contributed by atoms with Gasteiger partial charge in [-0.15, -0.1) is 0 Å². The highest BCUT2D eigenvalue weighted by Gasteiger charge is 2.21. The van der Waals surface area contributed by atoms with Gasteiger partial charge in [-0.3, -0.25) is 4.57 Å². The second kappa shape index (κ2) is 8.93. The Labute approximate surface area is 160 Å². The van der Waals surface area contributed by atoms with Crippen LogP contribution in [0.3, 0.4) is 0 Å². The van der Waals surface area contributed by atoms with Crippen molar-refractivity contribution in [2.24, 2.45) is 0 Å². The molecule has 1 aliphatic heterocycles. The van der Waals surface area contributed by atoms with Gasteiger partial charge in [0.15, 0.2) is 11.5 Å². The molecule has 2 heterocycles. The Balaban J connectivity index is 1.84. The van der Waals surface area contributed by atoms with E-state index in [2.05, 4.69) is 17.2 Å². The zero-order valence-electron chi connectivity index (χ0n) is 16.5. The highest BCUT2D eigenvalue weighted by Crippen LogP contribution is 2.38. The van der Waals surface area contributed by atoms with Crippen LogP contribution in [0.4, 0.5) is 5.82 Å². The standard InChI is InChI=1S/C21H29N3O3/c1-4-5-6-7-8-10-22-20-14-17-16-13-19(27-3)18(26-2)12-15(16)9-11-24(17)21(25)23-20/h12-14H,4-11H2,1-3H3,(H,22,23,25). The van der Waals surface area contributed by atoms with Crippen LogP contribution < -0.4 is 20.5 Å². The molecule has 0 fully saturated rings. The number of nitrogens with one attached hydrogen (secondary N) is 1. The fraction of sp³-hybridized carbons (Fsp3) is 0.524. The molecule has 0 saturated carbocycles. The third kappa shape index (κ3) is 4.26. The van der Waals surface area contributed by atoms with Crippen LogP contribution in [-0.4, -0.2) is 30.3 Å². The molecule has 6 heteroatoms. The van der Waals surface area contributed by atoms with E-state index >= 15 is 0 Å². The van der Waals surface area contributed by atoms with E-state index in [0.717, 1.165) is 36.2 Å². The first-order chi connectivity index (χ1) is 13.2. The Morgan fingerprint density at radius 1 is 1.07 bits per heavy atom. The van der Waals surface area contributed by atoms with E-state index < -0.39 is 0 Å². The van der Waals surface area contributed by atoms with Gasteiger partial charge in [-0.25, -0.2) is 4.79 Å². The van der Waals surface area contributed by atoms with Crippen molar-refractivity contribution in [2.45, 2.75) is 52.0 Å². The van der Waals surface area contributed by atoms with E-state index in [4.69, 9.17) is 9.47 Å². The van der Waals surface area contributed by atoms with E-state index in [-0.39, 0.29) is 5.69 Å². The molecule has 0 amide bonds. The first-order valence-electron chi connectivity index (χ1n) is 9.79. The second-order valence-corrected chi connectivity index (χ2v) is 6.92. The van der Waals surface area contributed by atoms with Gasteiger partial charge in [0.2, 0.25) is 0 Å². The van der Waals surface area contributed by atoms with Gasteiger partial charge in [-0.05, 0) is 30.5 Å². The van der Waals surface area contributed by atoms with Gasteiger partial charge in [0.1, 0.15) is 5.82 Å². The first kappa shape index (κ1) is 19.3. The Morgan fingerprint density at radius 2 is 1.81 bits per heavy atom. The van der Waals surface area contributed by atoms with Crippen molar-refractivity contribution in [3.05, 3.63) is 34.2 Å². The van der Waals surface area contributed by atoms with Crippen LogP contribution in [0.25, 0.3) is 11.3 Å². The molecular weight excluding hydrogens is 342 g/mol. The smallest absolute Gasteiger partial charge is 0.349 e. The van der Waals surface area contributed by atoms with Crippen molar-refractivity contribution in [3.8, 4) is 22.8 Å². The van der Waals surface area contributed by atoms with E-state index in [9.17, 15) is 4.79 Å². The maximum Gasteiger partial charge on any atom is 0.349 e. The molecule has 0 bridgehead atoms. The van der Waals surface area contributed by atoms with Gasteiger partial charge >= 0.3 is 5.69 Å². The lowest BCUT2D eigenvalue weighted by atomic mass is 9.97. The molecule has 1 N–H and O–H groups in total. The van der Waals surface area contributed by atoms with Crippen LogP contribution >= 0.6 is 0 Å². The van der Waals surface area contributed by atoms with Gasteiger partial charge in [-0.2, -0.15) is 4.98 Å². The molecule has 1 aromatic heterocycles. The van der Waals surface area contributed by atoms with Crippen LogP contribution in [0.1, 0.15) is 44.6 Å². The van der Waals surface area contributed by atoms with Crippen molar-refractivity contribution in [2.75, 3.05) is 26.1 Å². The molecule has 1 aliphatic rings. The van der Waals surface area contributed by atoms with Crippen LogP contribution in [0.2, 0.25) is 0 Å². The van der Waals surface area contributed by atoms with Gasteiger partial charge in [0, 0.05) is 24.7 Å². The van der Waals surface area contributed by atoms with Crippen molar-refractivity contribution in [1.29, 1.82) is 0 Å². The molecule has 0 saturated heterocycles. The second-order valence-electron chi connectivity index (χ2n) is 6.92. The van der Waals surface area contributed by atoms with E-state index in [1.165, 1.54) is 25.7 Å². The fourth-order valence-electron chi connectivity index (χ4n) is 3.58. The zero-order chi connectivity index (χ0) is 19.2. The summed E-state index contributed by atoms with van der Waals surface area (Å²) in [7, 11) is 3.26. The molecule has 0 aliphatic carbocycles. The van der Waals surface area contributed by atoms with Crippen LogP contribution in [0.5, 0.6) is 11.5 Å². The minimum atomic E-state index is -0.207. The van der Waals surface area contributed by atoms with Crippen LogP contribution in [-0.2, 0) is 13.0 Å². The lowest BCUT2D eigenvalue weighted by Gasteiger charge is -2.23. The number of aryl methyl sites for hydroxylation is 1. The monoisotopic (exact) mass is 371 g/mol. The van der Waals surface area contributed by atoms with Gasteiger partial charge in [0.25, 0.3) is 0 Å². The van der Waals surface area contributed by atoms with Gasteiger partial charge < -0.3 is 14.8 Å². The largest absolute Gasteiger partial charge is 0.493 e. The molecule has 0 atom stereocenters. The van der Waals surface area contributed by atoms with E-state index in [1.807, 2.05) is 18.2 Å². The molecule has 0 spiro atoms. The molecular formula is C21H29N3O3. The molecule has 3 rings (SSSR count). The zero-order valence-corrected chi connectivity index (χ0v) is 16.5. The van der Waals surface area contributed by atoms with Crippen molar-refractivity contribution in [1.82, 2.24) is 9.55 Å². The molecule has 146 valence electrons. The first-order valence-corrected chi connectivity index (χ1v) is 9.79. The molecule has 2 aromatic rings. The SMILES string of the molecule is CCCCCCCNc1cc2n(c(=O)n1)CCc1cc(OC)c(OC)cc1-2. The Bertz CT molecular complexity index is 845. The Morgan fingerprint density at radius 3 is 2.56 bits per heavy atom. The molecule has 0 unspecified atom stereocenters. The number of aromatic nitrogens is 2. The van der Waals surface area contributed by atoms with Crippen molar-refractivity contribution >= 4 is 5.82 Å². The fourth-order valence-corrected chi connectivity index (χ4v) is 3.58. The topological polar surface area (TPSA) is 65.4 Å². The number of rotatable bonds is 9. The van der Waals surface area contributed by atoms with Gasteiger partial charge in [-0.1, -0.05) is 32.6 Å².